The van der Waals surface area contributed by atoms with Crippen molar-refractivity contribution in [3.8, 4) is 11.5 Å². The van der Waals surface area contributed by atoms with Crippen LogP contribution in [0.15, 0.2) is 71.2 Å². The molecule has 142 valence electrons. The van der Waals surface area contributed by atoms with Gasteiger partial charge >= 0.3 is 0 Å². The number of carbonyl (C=O) groups is 1. The molecule has 0 fully saturated rings. The Kier molecular flexibility index (Phi) is 4.63. The molecule has 4 rings (SSSR count). The van der Waals surface area contributed by atoms with Gasteiger partial charge in [-0.25, -0.2) is 0 Å². The normalized spacial score (nSPS) is 18.1. The second kappa shape index (κ2) is 6.99. The number of hydrogen-bond acceptors (Lipinski definition) is 3. The molecular formula is C23H20BrNO3. The lowest BCUT2D eigenvalue weighted by atomic mass is 9.70. The molecule has 1 heterocycles. The van der Waals surface area contributed by atoms with Gasteiger partial charge in [0.1, 0.15) is 16.9 Å². The third-order valence-electron chi connectivity index (χ3n) is 5.37. The minimum absolute atomic E-state index is 0.0183. The van der Waals surface area contributed by atoms with E-state index >= 15 is 0 Å². The molecule has 0 N–H and O–H groups in total. The van der Waals surface area contributed by atoms with Crippen molar-refractivity contribution in [1.29, 1.82) is 0 Å². The van der Waals surface area contributed by atoms with Gasteiger partial charge in [0, 0.05) is 34.4 Å². The zero-order valence-electron chi connectivity index (χ0n) is 15.9. The fourth-order valence-electron chi connectivity index (χ4n) is 4.07. The van der Waals surface area contributed by atoms with Crippen molar-refractivity contribution >= 4 is 27.5 Å². The summed E-state index contributed by atoms with van der Waals surface area (Å²) < 4.78 is 12.0. The lowest BCUT2D eigenvalue weighted by Gasteiger charge is -2.31. The minimum atomic E-state index is -1.01. The Morgan fingerprint density at radius 2 is 1.64 bits per heavy atom. The summed E-state index contributed by atoms with van der Waals surface area (Å²) in [6, 6.07) is 21.4. The Morgan fingerprint density at radius 3 is 2.32 bits per heavy atom. The first-order valence-electron chi connectivity index (χ1n) is 8.90. The molecule has 4 nitrogen and oxygen atoms in total. The highest BCUT2D eigenvalue weighted by Gasteiger charge is 2.53. The number of hydrogen-bond donors (Lipinski definition) is 0. The lowest BCUT2D eigenvalue weighted by Crippen LogP contribution is -2.41. The molecule has 0 spiro atoms. The summed E-state index contributed by atoms with van der Waals surface area (Å²) in [6.45, 7) is 0. The number of amides is 1. The number of rotatable bonds is 4. The van der Waals surface area contributed by atoms with E-state index in [2.05, 4.69) is 15.9 Å². The number of carbonyl (C=O) groups excluding carboxylic acids is 1. The first kappa shape index (κ1) is 18.6. The van der Waals surface area contributed by atoms with Crippen LogP contribution in [0, 0.1) is 0 Å². The maximum Gasteiger partial charge on any atom is 0.246 e. The first-order chi connectivity index (χ1) is 13.5. The number of nitrogens with zero attached hydrogens (tertiary/aromatic N) is 1. The van der Waals surface area contributed by atoms with E-state index in [0.29, 0.717) is 11.5 Å². The van der Waals surface area contributed by atoms with Gasteiger partial charge in [0.05, 0.1) is 14.2 Å². The maximum atomic E-state index is 13.8. The van der Waals surface area contributed by atoms with Gasteiger partial charge in [0.2, 0.25) is 5.91 Å². The molecule has 3 aromatic carbocycles. The average Bonchev–Trinajstić information content (AvgIpc) is 2.95. The maximum absolute atomic E-state index is 13.8. The highest BCUT2D eigenvalue weighted by Crippen LogP contribution is 2.53. The summed E-state index contributed by atoms with van der Waals surface area (Å²) in [5.41, 5.74) is 2.48. The predicted molar refractivity (Wildman–Crippen MR) is 113 cm³/mol. The molecule has 5 heteroatoms. The fourth-order valence-corrected chi connectivity index (χ4v) is 4.43. The van der Waals surface area contributed by atoms with Gasteiger partial charge in [-0.15, -0.1) is 0 Å². The fraction of sp³-hybridized carbons (Fsp3) is 0.174. The van der Waals surface area contributed by atoms with Crippen molar-refractivity contribution in [3.63, 3.8) is 0 Å². The van der Waals surface area contributed by atoms with E-state index in [1.807, 2.05) is 73.8 Å². The van der Waals surface area contributed by atoms with Crippen molar-refractivity contribution < 1.29 is 14.3 Å². The molecule has 1 amide bonds. The van der Waals surface area contributed by atoms with Gasteiger partial charge in [0.15, 0.2) is 0 Å². The number of ether oxygens (including phenoxy) is 2. The average molecular weight is 438 g/mol. The minimum Gasteiger partial charge on any atom is -0.497 e. The van der Waals surface area contributed by atoms with Gasteiger partial charge in [0.25, 0.3) is 0 Å². The molecule has 1 atom stereocenters. The third-order valence-corrected chi connectivity index (χ3v) is 5.86. The number of methoxy groups -OCH3 is 2. The Labute approximate surface area is 172 Å². The van der Waals surface area contributed by atoms with E-state index in [1.165, 1.54) is 0 Å². The van der Waals surface area contributed by atoms with E-state index in [-0.39, 0.29) is 5.91 Å². The van der Waals surface area contributed by atoms with Crippen LogP contribution in [0.4, 0.5) is 5.69 Å². The zero-order chi connectivity index (χ0) is 19.9. The summed E-state index contributed by atoms with van der Waals surface area (Å²) in [5, 5.41) is 0. The Hall–Kier alpha value is -2.79. The second-order valence-corrected chi connectivity index (χ2v) is 7.62. The number of benzene rings is 3. The van der Waals surface area contributed by atoms with Crippen LogP contribution in [0.3, 0.4) is 0 Å². The van der Waals surface area contributed by atoms with E-state index in [4.69, 9.17) is 9.47 Å². The molecule has 1 aliphatic heterocycles. The number of fused-ring (bicyclic) bond motifs is 1. The molecule has 0 bridgehead atoms. The second-order valence-electron chi connectivity index (χ2n) is 6.71. The van der Waals surface area contributed by atoms with Gasteiger partial charge in [-0.1, -0.05) is 46.3 Å². The Bertz CT molecular complexity index is 1050. The Morgan fingerprint density at radius 1 is 0.893 bits per heavy atom. The van der Waals surface area contributed by atoms with Crippen molar-refractivity contribution in [2.24, 2.45) is 0 Å². The highest BCUT2D eigenvalue weighted by molar-refractivity contribution is 9.10. The van der Waals surface area contributed by atoms with E-state index in [1.54, 1.807) is 19.1 Å². The number of halogens is 1. The largest absolute Gasteiger partial charge is 0.497 e. The van der Waals surface area contributed by atoms with Crippen molar-refractivity contribution in [1.82, 2.24) is 0 Å². The van der Waals surface area contributed by atoms with E-state index in [9.17, 15) is 4.79 Å². The first-order valence-corrected chi connectivity index (χ1v) is 9.69. The summed E-state index contributed by atoms with van der Waals surface area (Å²) >= 11 is 3.58. The van der Waals surface area contributed by atoms with Crippen LogP contribution in [0.2, 0.25) is 0 Å². The highest BCUT2D eigenvalue weighted by atomic mass is 79.9. The molecule has 0 aliphatic carbocycles. The van der Waals surface area contributed by atoms with Gasteiger partial charge in [-0.05, 0) is 35.9 Å². The van der Waals surface area contributed by atoms with Gasteiger partial charge in [-0.3, -0.25) is 4.79 Å². The van der Waals surface area contributed by atoms with Crippen LogP contribution in [-0.4, -0.2) is 27.2 Å². The van der Waals surface area contributed by atoms with Crippen molar-refractivity contribution in [2.75, 3.05) is 26.2 Å². The molecule has 28 heavy (non-hydrogen) atoms. The van der Waals surface area contributed by atoms with Gasteiger partial charge in [-0.2, -0.15) is 0 Å². The molecular weight excluding hydrogens is 418 g/mol. The Balaban J connectivity index is 2.13. The van der Waals surface area contributed by atoms with Gasteiger partial charge < -0.3 is 14.4 Å². The van der Waals surface area contributed by atoms with Crippen LogP contribution >= 0.6 is 15.9 Å². The third kappa shape index (κ3) is 2.53. The van der Waals surface area contributed by atoms with E-state index < -0.39 is 5.41 Å². The van der Waals surface area contributed by atoms with Crippen LogP contribution in [0.25, 0.3) is 0 Å². The lowest BCUT2D eigenvalue weighted by molar-refractivity contribution is -0.120. The summed E-state index contributed by atoms with van der Waals surface area (Å²) in [4.78, 5) is 15.6. The summed E-state index contributed by atoms with van der Waals surface area (Å²) in [6.07, 6.45) is 0. The number of likely N-dealkylation sites (N-methyl/N-ethyl adjacent to an activating group) is 1. The summed E-state index contributed by atoms with van der Waals surface area (Å²) in [7, 11) is 5.04. The van der Waals surface area contributed by atoms with E-state index in [0.717, 1.165) is 26.9 Å². The molecule has 0 saturated heterocycles. The predicted octanol–water partition coefficient (Wildman–Crippen LogP) is 4.78. The molecule has 0 radical (unpaired) electrons. The quantitative estimate of drug-likeness (QED) is 0.589. The molecule has 0 saturated carbocycles. The summed E-state index contributed by atoms with van der Waals surface area (Å²) in [5.74, 6) is 1.27. The molecule has 0 aromatic heterocycles. The van der Waals surface area contributed by atoms with Crippen LogP contribution in [-0.2, 0) is 10.2 Å². The van der Waals surface area contributed by atoms with Crippen LogP contribution in [0.5, 0.6) is 11.5 Å². The SMILES string of the molecule is COc1ccc(C2(c3ccccc3)C(=O)N(C)c3ccc(Br)cc32)c(OC)c1. The zero-order valence-corrected chi connectivity index (χ0v) is 17.5. The smallest absolute Gasteiger partial charge is 0.246 e. The van der Waals surface area contributed by atoms with Crippen LogP contribution < -0.4 is 14.4 Å². The molecule has 1 unspecified atom stereocenters. The van der Waals surface area contributed by atoms with Crippen molar-refractivity contribution in [2.45, 2.75) is 5.41 Å². The molecule has 3 aromatic rings. The van der Waals surface area contributed by atoms with Crippen molar-refractivity contribution in [3.05, 3.63) is 87.9 Å². The standard InChI is InChI=1S/C23H20BrNO3/c1-25-20-12-9-16(24)13-19(20)23(22(25)26,15-7-5-4-6-8-15)18-11-10-17(27-2)14-21(18)28-3/h4-14H,1-3H3. The number of anilines is 1. The molecule has 1 aliphatic rings. The monoisotopic (exact) mass is 437 g/mol. The topological polar surface area (TPSA) is 38.8 Å². The van der Waals surface area contributed by atoms with Crippen LogP contribution in [0.1, 0.15) is 16.7 Å².